The molecule has 2 rings (SSSR count). The Bertz CT molecular complexity index is 489. The number of carbonyl (C=O) groups is 1. The molecule has 0 aliphatic carbocycles. The quantitative estimate of drug-likeness (QED) is 0.779. The normalized spacial score (nSPS) is 10.5. The SMILES string of the molecule is O=C(Cc1ccsc1Br)c1sccc1F. The minimum absolute atomic E-state index is 0.165. The molecule has 0 aliphatic rings. The lowest BCUT2D eigenvalue weighted by Crippen LogP contribution is -2.02. The molecule has 0 unspecified atom stereocenters. The molecule has 2 aromatic heterocycles. The molecule has 1 nitrogen and oxygen atoms in total. The summed E-state index contributed by atoms with van der Waals surface area (Å²) in [5.41, 5.74) is 0.915. The molecular formula is C10H6BrFOS2. The zero-order valence-corrected chi connectivity index (χ0v) is 10.7. The minimum Gasteiger partial charge on any atom is -0.293 e. The Hall–Kier alpha value is -0.520. The first kappa shape index (κ1) is 11.0. The summed E-state index contributed by atoms with van der Waals surface area (Å²) < 4.78 is 14.0. The fraction of sp³-hybridized carbons (Fsp3) is 0.100. The van der Waals surface area contributed by atoms with E-state index in [9.17, 15) is 9.18 Å². The standard InChI is InChI=1S/C10H6BrFOS2/c11-10-6(1-3-15-10)5-8(13)9-7(12)2-4-14-9/h1-4H,5H2. The van der Waals surface area contributed by atoms with Gasteiger partial charge >= 0.3 is 0 Å². The van der Waals surface area contributed by atoms with Crippen LogP contribution in [-0.2, 0) is 6.42 Å². The number of carbonyl (C=O) groups excluding carboxylic acids is 1. The Labute approximate surface area is 103 Å². The van der Waals surface area contributed by atoms with E-state index in [1.807, 2.05) is 11.4 Å². The van der Waals surface area contributed by atoms with Crippen molar-refractivity contribution in [3.05, 3.63) is 42.9 Å². The van der Waals surface area contributed by atoms with Crippen LogP contribution < -0.4 is 0 Å². The fourth-order valence-electron chi connectivity index (χ4n) is 1.19. The van der Waals surface area contributed by atoms with Gasteiger partial charge < -0.3 is 0 Å². The average Bonchev–Trinajstić information content (AvgIpc) is 2.76. The molecule has 5 heteroatoms. The van der Waals surface area contributed by atoms with Gasteiger partial charge in [-0.15, -0.1) is 22.7 Å². The average molecular weight is 305 g/mol. The highest BCUT2D eigenvalue weighted by Crippen LogP contribution is 2.26. The van der Waals surface area contributed by atoms with Crippen molar-refractivity contribution in [2.24, 2.45) is 0 Å². The van der Waals surface area contributed by atoms with Crippen LogP contribution >= 0.6 is 38.6 Å². The van der Waals surface area contributed by atoms with Crippen molar-refractivity contribution in [2.45, 2.75) is 6.42 Å². The van der Waals surface area contributed by atoms with E-state index in [1.165, 1.54) is 17.4 Å². The molecule has 78 valence electrons. The van der Waals surface area contributed by atoms with Gasteiger partial charge in [0.1, 0.15) is 10.7 Å². The minimum atomic E-state index is -0.420. The molecule has 0 saturated heterocycles. The van der Waals surface area contributed by atoms with Crippen molar-refractivity contribution in [2.75, 3.05) is 0 Å². The molecule has 0 fully saturated rings. The second-order valence-electron chi connectivity index (χ2n) is 2.92. The van der Waals surface area contributed by atoms with Gasteiger partial charge in [0.25, 0.3) is 0 Å². The van der Waals surface area contributed by atoms with E-state index in [-0.39, 0.29) is 17.1 Å². The van der Waals surface area contributed by atoms with Gasteiger partial charge in [-0.25, -0.2) is 4.39 Å². The van der Waals surface area contributed by atoms with Gasteiger partial charge in [0.15, 0.2) is 5.78 Å². The number of hydrogen-bond acceptors (Lipinski definition) is 3. The third kappa shape index (κ3) is 2.35. The number of ketones is 1. The maximum absolute atomic E-state index is 13.1. The first-order valence-electron chi connectivity index (χ1n) is 4.16. The molecule has 0 bridgehead atoms. The molecule has 0 aliphatic heterocycles. The molecule has 0 atom stereocenters. The smallest absolute Gasteiger partial charge is 0.180 e. The molecule has 0 aromatic carbocycles. The molecule has 0 radical (unpaired) electrons. The number of hydrogen-bond donors (Lipinski definition) is 0. The number of thiophene rings is 2. The van der Waals surface area contributed by atoms with E-state index >= 15 is 0 Å². The maximum Gasteiger partial charge on any atom is 0.180 e. The van der Waals surface area contributed by atoms with Crippen molar-refractivity contribution in [3.8, 4) is 0 Å². The molecule has 2 aromatic rings. The zero-order valence-electron chi connectivity index (χ0n) is 7.50. The van der Waals surface area contributed by atoms with Crippen LogP contribution in [0.1, 0.15) is 15.2 Å². The van der Waals surface area contributed by atoms with Crippen LogP contribution in [0.5, 0.6) is 0 Å². The monoisotopic (exact) mass is 304 g/mol. The highest BCUT2D eigenvalue weighted by molar-refractivity contribution is 9.11. The lowest BCUT2D eigenvalue weighted by Gasteiger charge is -1.97. The van der Waals surface area contributed by atoms with Crippen LogP contribution in [0, 0.1) is 5.82 Å². The summed E-state index contributed by atoms with van der Waals surface area (Å²) >= 11 is 6.02. The highest BCUT2D eigenvalue weighted by Gasteiger charge is 2.15. The van der Waals surface area contributed by atoms with E-state index in [1.54, 1.807) is 5.38 Å². The van der Waals surface area contributed by atoms with Gasteiger partial charge in [-0.05, 0) is 44.4 Å². The van der Waals surface area contributed by atoms with Gasteiger partial charge in [-0.3, -0.25) is 4.79 Å². The first-order chi connectivity index (χ1) is 7.18. The zero-order chi connectivity index (χ0) is 10.8. The summed E-state index contributed by atoms with van der Waals surface area (Å²) in [5.74, 6) is -0.585. The van der Waals surface area contributed by atoms with Gasteiger partial charge in [-0.1, -0.05) is 0 Å². The maximum atomic E-state index is 13.1. The Kier molecular flexibility index (Phi) is 3.33. The molecule has 0 saturated carbocycles. The Morgan fingerprint density at radius 3 is 2.60 bits per heavy atom. The highest BCUT2D eigenvalue weighted by atomic mass is 79.9. The van der Waals surface area contributed by atoms with E-state index < -0.39 is 5.82 Å². The second-order valence-corrected chi connectivity index (χ2v) is 6.07. The third-order valence-electron chi connectivity index (χ3n) is 1.91. The van der Waals surface area contributed by atoms with Crippen LogP contribution in [0.25, 0.3) is 0 Å². The molecule has 0 spiro atoms. The topological polar surface area (TPSA) is 17.1 Å². The Morgan fingerprint density at radius 2 is 2.07 bits per heavy atom. The van der Waals surface area contributed by atoms with E-state index in [0.717, 1.165) is 20.7 Å². The number of halogens is 2. The molecule has 0 N–H and O–H groups in total. The van der Waals surface area contributed by atoms with Crippen molar-refractivity contribution in [1.29, 1.82) is 0 Å². The fourth-order valence-corrected chi connectivity index (χ4v) is 3.14. The molecule has 0 amide bonds. The first-order valence-corrected chi connectivity index (χ1v) is 6.72. The van der Waals surface area contributed by atoms with Crippen LogP contribution in [0.4, 0.5) is 4.39 Å². The van der Waals surface area contributed by atoms with E-state index in [0.29, 0.717) is 0 Å². The summed E-state index contributed by atoms with van der Waals surface area (Å²) in [5, 5.41) is 3.49. The summed E-state index contributed by atoms with van der Waals surface area (Å²) in [4.78, 5) is 11.9. The molecule has 15 heavy (non-hydrogen) atoms. The van der Waals surface area contributed by atoms with E-state index in [4.69, 9.17) is 0 Å². The number of Topliss-reactive ketones (excluding diaryl/α,β-unsaturated/α-hetero) is 1. The summed E-state index contributed by atoms with van der Waals surface area (Å²) in [6, 6.07) is 3.19. The Balaban J connectivity index is 2.18. The Morgan fingerprint density at radius 1 is 1.33 bits per heavy atom. The van der Waals surface area contributed by atoms with Gasteiger partial charge in [0.05, 0.1) is 3.79 Å². The van der Waals surface area contributed by atoms with Gasteiger partial charge in [-0.2, -0.15) is 0 Å². The van der Waals surface area contributed by atoms with Crippen molar-refractivity contribution in [3.63, 3.8) is 0 Å². The predicted octanol–water partition coefficient (Wildman–Crippen LogP) is 4.14. The van der Waals surface area contributed by atoms with Crippen LogP contribution in [0.3, 0.4) is 0 Å². The largest absolute Gasteiger partial charge is 0.293 e. The third-order valence-corrected chi connectivity index (χ3v) is 4.66. The summed E-state index contributed by atoms with van der Waals surface area (Å²) in [6.45, 7) is 0. The lowest BCUT2D eigenvalue weighted by molar-refractivity contribution is 0.0993. The summed E-state index contributed by atoms with van der Waals surface area (Å²) in [7, 11) is 0. The second kappa shape index (κ2) is 4.55. The van der Waals surface area contributed by atoms with Crippen molar-refractivity contribution < 1.29 is 9.18 Å². The predicted molar refractivity (Wildman–Crippen MR) is 64.3 cm³/mol. The van der Waals surface area contributed by atoms with Gasteiger partial charge in [0.2, 0.25) is 0 Å². The summed E-state index contributed by atoms with van der Waals surface area (Å²) in [6.07, 6.45) is 0.252. The van der Waals surface area contributed by atoms with Crippen LogP contribution in [-0.4, -0.2) is 5.78 Å². The van der Waals surface area contributed by atoms with Crippen LogP contribution in [0.15, 0.2) is 26.7 Å². The van der Waals surface area contributed by atoms with Crippen molar-refractivity contribution in [1.82, 2.24) is 0 Å². The van der Waals surface area contributed by atoms with Crippen molar-refractivity contribution >= 4 is 44.4 Å². The molecule has 2 heterocycles. The van der Waals surface area contributed by atoms with E-state index in [2.05, 4.69) is 15.9 Å². The van der Waals surface area contributed by atoms with Gasteiger partial charge in [0, 0.05) is 6.42 Å². The van der Waals surface area contributed by atoms with Crippen LogP contribution in [0.2, 0.25) is 0 Å². The number of rotatable bonds is 3. The molecular weight excluding hydrogens is 299 g/mol. The lowest BCUT2D eigenvalue weighted by atomic mass is 10.1.